The molecule has 0 aromatic heterocycles. The molecule has 0 saturated heterocycles. The average molecular weight is 896 g/mol. The van der Waals surface area contributed by atoms with Crippen molar-refractivity contribution >= 4 is 66.6 Å². The minimum atomic E-state index is -4.65. The third kappa shape index (κ3) is 10.4. The van der Waals surface area contributed by atoms with E-state index in [1.54, 1.807) is 23.9 Å². The van der Waals surface area contributed by atoms with Crippen molar-refractivity contribution in [1.29, 1.82) is 0 Å². The van der Waals surface area contributed by atoms with Gasteiger partial charge in [-0.1, -0.05) is 37.8 Å². The van der Waals surface area contributed by atoms with Crippen LogP contribution in [0.15, 0.2) is 121 Å². The van der Waals surface area contributed by atoms with E-state index in [-0.39, 0.29) is 64.5 Å². The van der Waals surface area contributed by atoms with Gasteiger partial charge >= 0.3 is 35.5 Å². The maximum absolute atomic E-state index is 12.5. The maximum Gasteiger partial charge on any atom is 1.00 e. The quantitative estimate of drug-likeness (QED) is 0.118. The molecule has 0 radical (unpaired) electrons. The topological polar surface area (TPSA) is 187 Å². The van der Waals surface area contributed by atoms with E-state index in [9.17, 15) is 35.5 Å². The van der Waals surface area contributed by atoms with Crippen LogP contribution in [-0.2, 0) is 40.7 Å². The number of rotatable bonds is 14. The van der Waals surface area contributed by atoms with Gasteiger partial charge in [0.15, 0.2) is 5.71 Å². The van der Waals surface area contributed by atoms with Crippen molar-refractivity contribution in [3.8, 4) is 0 Å². The molecule has 1 amide bonds. The summed E-state index contributed by atoms with van der Waals surface area (Å²) in [4.78, 5) is 26.9. The number of nitrogens with zero attached hydrogens (tertiary/aromatic N) is 2. The van der Waals surface area contributed by atoms with Gasteiger partial charge < -0.3 is 24.4 Å². The zero-order valence-corrected chi connectivity index (χ0v) is 40.0. The summed E-state index contributed by atoms with van der Waals surface area (Å²) in [5.74, 6) is -1.21. The minimum absolute atomic E-state index is 0. The number of carbonyl (C=O) groups excluding carboxylic acids is 1. The molecule has 0 spiro atoms. The predicted octanol–water partition coefficient (Wildman–Crippen LogP) is 5.50. The Morgan fingerprint density at radius 2 is 1.49 bits per heavy atom. The second kappa shape index (κ2) is 18.9. The number of allylic oxidation sites excluding steroid dienone is 7. The summed E-state index contributed by atoms with van der Waals surface area (Å²) >= 11 is 1.60. The number of carboxylic acids is 1. The van der Waals surface area contributed by atoms with Crippen molar-refractivity contribution in [1.82, 2.24) is 0 Å². The first-order chi connectivity index (χ1) is 28.2. The number of carbonyl (C=O) groups is 2. The van der Waals surface area contributed by atoms with Crippen LogP contribution in [0.25, 0.3) is 0 Å². The summed E-state index contributed by atoms with van der Waals surface area (Å²) < 4.78 is 74.0. The maximum atomic E-state index is 12.5. The van der Waals surface area contributed by atoms with Crippen LogP contribution in [0, 0.1) is 0 Å². The van der Waals surface area contributed by atoms with Gasteiger partial charge in [-0.25, -0.2) is 16.8 Å². The summed E-state index contributed by atoms with van der Waals surface area (Å²) in [7, 11) is -9.30. The smallest absolute Gasteiger partial charge is 0.744 e. The van der Waals surface area contributed by atoms with Gasteiger partial charge in [0.25, 0.3) is 0 Å². The first kappa shape index (κ1) is 48.2. The zero-order chi connectivity index (χ0) is 43.8. The summed E-state index contributed by atoms with van der Waals surface area (Å²) in [6, 6.07) is 16.6. The third-order valence-corrected chi connectivity index (χ3v) is 14.3. The molecule has 16 heteroatoms. The van der Waals surface area contributed by atoms with E-state index in [0.717, 1.165) is 74.1 Å². The molecule has 12 nitrogen and oxygen atoms in total. The normalized spacial score (nSPS) is 18.5. The van der Waals surface area contributed by atoms with Crippen LogP contribution < -0.4 is 39.8 Å². The molecule has 2 aliphatic heterocycles. The van der Waals surface area contributed by atoms with Crippen molar-refractivity contribution in [2.75, 3.05) is 23.3 Å². The van der Waals surface area contributed by atoms with E-state index in [2.05, 4.69) is 39.1 Å². The number of nitrogens with one attached hydrogen (secondary N) is 1. The Kier molecular flexibility index (Phi) is 14.9. The SMILES string of the molecule is CCN1/C(=C/C=C2\CCCC(/C=C/C3=[N+](CC)c4ccc(S(=O)(=O)[O-])cc4C3(C)C)=C2Sc2ccc(NC(=O)CCCC(=O)O)cc2)C(C)(C)c2cc(S(=O)(=O)[O-])ccc21.[Na+]. The van der Waals surface area contributed by atoms with Gasteiger partial charge in [0, 0.05) is 69.4 Å². The average Bonchev–Trinajstić information content (AvgIpc) is 3.53. The van der Waals surface area contributed by atoms with Gasteiger partial charge in [0.05, 0.1) is 15.2 Å². The van der Waals surface area contributed by atoms with E-state index >= 15 is 0 Å². The monoisotopic (exact) mass is 895 g/mol. The molecule has 3 aromatic rings. The van der Waals surface area contributed by atoms with Gasteiger partial charge in [-0.05, 0) is 131 Å². The molecule has 6 rings (SSSR count). The molecule has 0 saturated carbocycles. The molecule has 3 aromatic carbocycles. The van der Waals surface area contributed by atoms with Crippen LogP contribution in [0.5, 0.6) is 0 Å². The molecular formula is C45H50N3NaO9S3. The van der Waals surface area contributed by atoms with Gasteiger partial charge in [0.2, 0.25) is 11.6 Å². The van der Waals surface area contributed by atoms with Gasteiger partial charge in [-0.3, -0.25) is 9.59 Å². The molecule has 2 heterocycles. The molecule has 0 atom stereocenters. The standard InChI is InChI=1S/C45H51N3O9S3.Na/c1-7-47-37-23-21-33(59(52,53)54)27-35(37)44(3,4)39(47)25-15-29-11-9-12-30(43(29)58-32-19-17-31(18-20-32)46-41(49)13-10-14-42(50)51)16-26-40-45(5,6)36-28-34(60(55,56)57)22-24-38(36)48(40)8-2;/h15-28H,7-14H2,1-6H3,(H3-,46,49,50,51,52,53,54,55,56,57);/q;+1/p-1. The molecular weight excluding hydrogens is 846 g/mol. The van der Waals surface area contributed by atoms with E-state index < -0.39 is 37.0 Å². The van der Waals surface area contributed by atoms with E-state index in [0.29, 0.717) is 18.8 Å². The molecule has 0 bridgehead atoms. The number of likely N-dealkylation sites (N-methyl/N-ethyl adjacent to an activating group) is 1. The molecule has 61 heavy (non-hydrogen) atoms. The molecule has 0 unspecified atom stereocenters. The van der Waals surface area contributed by atoms with E-state index in [1.807, 2.05) is 65.8 Å². The van der Waals surface area contributed by atoms with Gasteiger partial charge in [0.1, 0.15) is 26.8 Å². The third-order valence-electron chi connectivity index (χ3n) is 11.4. The van der Waals surface area contributed by atoms with Gasteiger partial charge in [-0.2, -0.15) is 4.58 Å². The Morgan fingerprint density at radius 3 is 2.10 bits per heavy atom. The number of benzene rings is 3. The van der Waals surface area contributed by atoms with Crippen LogP contribution in [0.1, 0.15) is 91.2 Å². The number of hydrogen-bond acceptors (Lipinski definition) is 10. The molecule has 1 aliphatic carbocycles. The van der Waals surface area contributed by atoms with Crippen molar-refractivity contribution in [2.45, 2.75) is 106 Å². The first-order valence-electron chi connectivity index (χ1n) is 19.9. The Bertz CT molecular complexity index is 2630. The summed E-state index contributed by atoms with van der Waals surface area (Å²) in [6.45, 7) is 13.4. The van der Waals surface area contributed by atoms with Crippen molar-refractivity contribution in [3.63, 3.8) is 0 Å². The van der Waals surface area contributed by atoms with Crippen molar-refractivity contribution in [2.24, 2.45) is 0 Å². The number of fused-ring (bicyclic) bond motifs is 2. The Balaban J connectivity index is 0.00000704. The van der Waals surface area contributed by atoms with Crippen LogP contribution in [0.4, 0.5) is 17.1 Å². The van der Waals surface area contributed by atoms with Crippen LogP contribution >= 0.6 is 11.8 Å². The molecule has 318 valence electrons. The van der Waals surface area contributed by atoms with Crippen molar-refractivity contribution < 1.29 is 74.8 Å². The summed E-state index contributed by atoms with van der Waals surface area (Å²) in [6.07, 6.45) is 11.1. The number of amides is 1. The summed E-state index contributed by atoms with van der Waals surface area (Å²) in [5, 5.41) is 11.8. The number of thioether (sulfide) groups is 1. The Labute approximate surface area is 385 Å². The minimum Gasteiger partial charge on any atom is -0.744 e. The molecule has 2 N–H and O–H groups in total. The van der Waals surface area contributed by atoms with Crippen molar-refractivity contribution in [3.05, 3.63) is 118 Å². The molecule has 3 aliphatic rings. The predicted molar refractivity (Wildman–Crippen MR) is 232 cm³/mol. The van der Waals surface area contributed by atoms with Crippen LogP contribution in [0.3, 0.4) is 0 Å². The first-order valence-corrected chi connectivity index (χ1v) is 23.6. The van der Waals surface area contributed by atoms with E-state index in [1.165, 1.54) is 24.3 Å². The number of aliphatic carboxylic acids is 1. The van der Waals surface area contributed by atoms with Gasteiger partial charge in [-0.15, -0.1) is 0 Å². The largest absolute Gasteiger partial charge is 1.00 e. The van der Waals surface area contributed by atoms with Crippen LogP contribution in [0.2, 0.25) is 0 Å². The Hall–Kier alpha value is -3.80. The fraction of sp³-hybridized carbons (Fsp3) is 0.356. The van der Waals surface area contributed by atoms with E-state index in [4.69, 9.17) is 5.11 Å². The molecule has 0 fully saturated rings. The zero-order valence-electron chi connectivity index (χ0n) is 35.6. The number of anilines is 2. The second-order valence-corrected chi connectivity index (χ2v) is 19.9. The van der Waals surface area contributed by atoms with Crippen LogP contribution in [-0.4, -0.2) is 66.3 Å². The number of carboxylic acid groups (broad SMARTS) is 1. The Morgan fingerprint density at radius 1 is 0.852 bits per heavy atom. The fourth-order valence-corrected chi connectivity index (χ4v) is 10.5. The fourth-order valence-electron chi connectivity index (χ4n) is 8.36. The summed E-state index contributed by atoms with van der Waals surface area (Å²) in [5.41, 5.74) is 6.70. The number of hydrogen-bond donors (Lipinski definition) is 2. The second-order valence-electron chi connectivity index (χ2n) is 16.1.